The number of nitrogens with zero attached hydrogens (tertiary/aromatic N) is 1. The van der Waals surface area contributed by atoms with Crippen molar-refractivity contribution in [3.63, 3.8) is 0 Å². The number of hydrogen-bond acceptors (Lipinski definition) is 2. The Morgan fingerprint density at radius 2 is 1.93 bits per heavy atom. The molecule has 0 fully saturated rings. The molecule has 7 heteroatoms. The highest BCUT2D eigenvalue weighted by Crippen LogP contribution is 2.37. The van der Waals surface area contributed by atoms with E-state index in [1.807, 2.05) is 0 Å². The summed E-state index contributed by atoms with van der Waals surface area (Å²) in [4.78, 5) is 3.29. The summed E-state index contributed by atoms with van der Waals surface area (Å²) in [5, 5.41) is 0. The van der Waals surface area contributed by atoms with Gasteiger partial charge < -0.3 is 4.74 Å². The number of methoxy groups -OCH3 is 1. The zero-order chi connectivity index (χ0) is 11.6. The first-order valence-corrected chi connectivity index (χ1v) is 3.75. The summed E-state index contributed by atoms with van der Waals surface area (Å²) in [5.74, 6) is -0.355. The van der Waals surface area contributed by atoms with Gasteiger partial charge >= 0.3 is 6.18 Å². The Kier molecular flexibility index (Phi) is 3.11. The van der Waals surface area contributed by atoms with Crippen molar-refractivity contribution in [1.29, 1.82) is 0 Å². The summed E-state index contributed by atoms with van der Waals surface area (Å²) in [6.07, 6.45) is -7.60. The molecule has 0 bridgehead atoms. The van der Waals surface area contributed by atoms with Crippen molar-refractivity contribution < 1.29 is 26.7 Å². The minimum absolute atomic E-state index is 0.355. The maximum absolute atomic E-state index is 12.3. The molecule has 0 radical (unpaired) electrons. The van der Waals surface area contributed by atoms with Gasteiger partial charge in [0, 0.05) is 17.8 Å². The highest BCUT2D eigenvalue weighted by molar-refractivity contribution is 5.32. The summed E-state index contributed by atoms with van der Waals surface area (Å²) < 4.78 is 65.8. The van der Waals surface area contributed by atoms with Gasteiger partial charge in [0.05, 0.1) is 12.7 Å². The Bertz CT molecular complexity index is 349. The van der Waals surface area contributed by atoms with Crippen LogP contribution in [0.15, 0.2) is 12.3 Å². The number of ether oxygens (including phenoxy) is 1. The fourth-order valence-corrected chi connectivity index (χ4v) is 0.978. The lowest BCUT2D eigenvalue weighted by molar-refractivity contribution is -0.139. The monoisotopic (exact) mass is 227 g/mol. The van der Waals surface area contributed by atoms with E-state index in [-0.39, 0.29) is 5.88 Å². The second-order valence-electron chi connectivity index (χ2n) is 2.61. The number of pyridine rings is 1. The Labute approximate surface area is 81.7 Å². The third-order valence-corrected chi connectivity index (χ3v) is 1.66. The zero-order valence-electron chi connectivity index (χ0n) is 7.48. The second kappa shape index (κ2) is 4.00. The molecule has 0 unspecified atom stereocenters. The standard InChI is InChI=1S/C8H6F5NO/c1-15-6-2-5(8(11,12)13)4(3-14-6)7(9)10/h2-3,7H,1H3. The van der Waals surface area contributed by atoms with Crippen LogP contribution in [-0.4, -0.2) is 12.1 Å². The summed E-state index contributed by atoms with van der Waals surface area (Å²) in [5.41, 5.74) is -2.58. The average Bonchev–Trinajstić information content (AvgIpc) is 2.15. The van der Waals surface area contributed by atoms with Gasteiger partial charge in [0.25, 0.3) is 6.43 Å². The van der Waals surface area contributed by atoms with Crippen molar-refractivity contribution in [1.82, 2.24) is 4.98 Å². The first kappa shape index (κ1) is 11.7. The number of hydrogen-bond donors (Lipinski definition) is 0. The van der Waals surface area contributed by atoms with Crippen molar-refractivity contribution in [3.8, 4) is 5.88 Å². The maximum atomic E-state index is 12.3. The van der Waals surface area contributed by atoms with Crippen LogP contribution in [0.3, 0.4) is 0 Å². The van der Waals surface area contributed by atoms with Crippen LogP contribution in [-0.2, 0) is 6.18 Å². The lowest BCUT2D eigenvalue weighted by Crippen LogP contribution is -2.10. The molecule has 0 aliphatic heterocycles. The Morgan fingerprint density at radius 1 is 1.33 bits per heavy atom. The minimum atomic E-state index is -4.85. The van der Waals surface area contributed by atoms with Crippen LogP contribution in [0.4, 0.5) is 22.0 Å². The Balaban J connectivity index is 3.29. The van der Waals surface area contributed by atoms with E-state index in [4.69, 9.17) is 0 Å². The van der Waals surface area contributed by atoms with Gasteiger partial charge in [-0.2, -0.15) is 13.2 Å². The molecule has 1 heterocycles. The van der Waals surface area contributed by atoms with Gasteiger partial charge in [0.1, 0.15) is 0 Å². The molecule has 1 rings (SSSR count). The van der Waals surface area contributed by atoms with Crippen LogP contribution in [0.5, 0.6) is 5.88 Å². The number of rotatable bonds is 2. The van der Waals surface area contributed by atoms with Crippen LogP contribution in [0.25, 0.3) is 0 Å². The van der Waals surface area contributed by atoms with Gasteiger partial charge in [-0.05, 0) is 0 Å². The molecule has 0 N–H and O–H groups in total. The number of halogens is 5. The molecule has 0 amide bonds. The van der Waals surface area contributed by atoms with E-state index in [1.54, 1.807) is 0 Å². The van der Waals surface area contributed by atoms with E-state index in [2.05, 4.69) is 9.72 Å². The molecule has 0 aromatic carbocycles. The first-order chi connectivity index (χ1) is 6.86. The maximum Gasteiger partial charge on any atom is 0.417 e. The molecule has 2 nitrogen and oxygen atoms in total. The van der Waals surface area contributed by atoms with Gasteiger partial charge in [0.15, 0.2) is 0 Å². The summed E-state index contributed by atoms with van der Waals surface area (Å²) in [7, 11) is 1.10. The van der Waals surface area contributed by atoms with E-state index in [0.29, 0.717) is 12.3 Å². The Hall–Kier alpha value is -1.40. The normalized spacial score (nSPS) is 11.9. The van der Waals surface area contributed by atoms with Gasteiger partial charge in [0.2, 0.25) is 5.88 Å². The largest absolute Gasteiger partial charge is 0.481 e. The van der Waals surface area contributed by atoms with E-state index in [1.165, 1.54) is 0 Å². The highest BCUT2D eigenvalue weighted by Gasteiger charge is 2.36. The molecule has 0 saturated carbocycles. The van der Waals surface area contributed by atoms with Crippen LogP contribution >= 0.6 is 0 Å². The third-order valence-electron chi connectivity index (χ3n) is 1.66. The fourth-order valence-electron chi connectivity index (χ4n) is 0.978. The molecular weight excluding hydrogens is 221 g/mol. The average molecular weight is 227 g/mol. The number of alkyl halides is 5. The first-order valence-electron chi connectivity index (χ1n) is 3.75. The van der Waals surface area contributed by atoms with Gasteiger partial charge in [-0.3, -0.25) is 0 Å². The predicted octanol–water partition coefficient (Wildman–Crippen LogP) is 3.05. The molecule has 15 heavy (non-hydrogen) atoms. The molecule has 84 valence electrons. The fraction of sp³-hybridized carbons (Fsp3) is 0.375. The van der Waals surface area contributed by atoms with E-state index in [9.17, 15) is 22.0 Å². The molecule has 0 spiro atoms. The van der Waals surface area contributed by atoms with E-state index >= 15 is 0 Å². The van der Waals surface area contributed by atoms with E-state index in [0.717, 1.165) is 7.11 Å². The van der Waals surface area contributed by atoms with Crippen molar-refractivity contribution in [2.24, 2.45) is 0 Å². The zero-order valence-corrected chi connectivity index (χ0v) is 7.48. The quantitative estimate of drug-likeness (QED) is 0.724. The highest BCUT2D eigenvalue weighted by atomic mass is 19.4. The van der Waals surface area contributed by atoms with Gasteiger partial charge in [-0.15, -0.1) is 0 Å². The molecule has 1 aromatic rings. The smallest absolute Gasteiger partial charge is 0.417 e. The lowest BCUT2D eigenvalue weighted by atomic mass is 10.1. The van der Waals surface area contributed by atoms with E-state index < -0.39 is 23.7 Å². The SMILES string of the molecule is COc1cc(C(F)(F)F)c(C(F)F)cn1. The van der Waals surface area contributed by atoms with Crippen LogP contribution in [0, 0.1) is 0 Å². The number of aromatic nitrogens is 1. The third kappa shape index (κ3) is 2.54. The second-order valence-corrected chi connectivity index (χ2v) is 2.61. The van der Waals surface area contributed by atoms with Crippen LogP contribution in [0.2, 0.25) is 0 Å². The predicted molar refractivity (Wildman–Crippen MR) is 40.7 cm³/mol. The van der Waals surface area contributed by atoms with Crippen molar-refractivity contribution in [2.75, 3.05) is 7.11 Å². The molecule has 0 aliphatic rings. The molecule has 0 aliphatic carbocycles. The summed E-state index contributed by atoms with van der Waals surface area (Å²) >= 11 is 0. The molecular formula is C8H6F5NO. The van der Waals surface area contributed by atoms with Gasteiger partial charge in [-0.25, -0.2) is 13.8 Å². The van der Waals surface area contributed by atoms with Crippen LogP contribution in [0.1, 0.15) is 17.6 Å². The molecule has 1 aromatic heterocycles. The lowest BCUT2D eigenvalue weighted by Gasteiger charge is -2.12. The van der Waals surface area contributed by atoms with Gasteiger partial charge in [-0.1, -0.05) is 0 Å². The summed E-state index contributed by atoms with van der Waals surface area (Å²) in [6, 6.07) is 0.446. The van der Waals surface area contributed by atoms with Crippen molar-refractivity contribution >= 4 is 0 Å². The molecule has 0 atom stereocenters. The minimum Gasteiger partial charge on any atom is -0.481 e. The van der Waals surface area contributed by atoms with Crippen LogP contribution < -0.4 is 4.74 Å². The van der Waals surface area contributed by atoms with Crippen molar-refractivity contribution in [3.05, 3.63) is 23.4 Å². The topological polar surface area (TPSA) is 22.1 Å². The Morgan fingerprint density at radius 3 is 2.33 bits per heavy atom. The summed E-state index contributed by atoms with van der Waals surface area (Å²) in [6.45, 7) is 0. The van der Waals surface area contributed by atoms with Crippen molar-refractivity contribution in [2.45, 2.75) is 12.6 Å². The molecule has 0 saturated heterocycles.